The van der Waals surface area contributed by atoms with Gasteiger partial charge in [0.1, 0.15) is 0 Å². The van der Waals surface area contributed by atoms with Crippen LogP contribution in [0.1, 0.15) is 56.4 Å². The van der Waals surface area contributed by atoms with Gasteiger partial charge in [-0.2, -0.15) is 11.8 Å². The van der Waals surface area contributed by atoms with Gasteiger partial charge in [-0.3, -0.25) is 0 Å². The first-order chi connectivity index (χ1) is 9.27. The first-order valence-corrected chi connectivity index (χ1v) is 9.54. The van der Waals surface area contributed by atoms with E-state index in [1.807, 2.05) is 11.3 Å². The topological polar surface area (TPSA) is 12.0 Å². The van der Waals surface area contributed by atoms with E-state index >= 15 is 0 Å². The number of thioether (sulfide) groups is 1. The van der Waals surface area contributed by atoms with Gasteiger partial charge >= 0.3 is 0 Å². The fourth-order valence-electron chi connectivity index (χ4n) is 3.56. The van der Waals surface area contributed by atoms with E-state index in [0.717, 1.165) is 5.92 Å². The van der Waals surface area contributed by atoms with Gasteiger partial charge < -0.3 is 5.32 Å². The first kappa shape index (κ1) is 14.0. The third-order valence-corrected chi connectivity index (χ3v) is 7.21. The van der Waals surface area contributed by atoms with Crippen LogP contribution >= 0.6 is 23.1 Å². The molecule has 19 heavy (non-hydrogen) atoms. The lowest BCUT2D eigenvalue weighted by Crippen LogP contribution is -2.37. The molecule has 1 nitrogen and oxygen atoms in total. The van der Waals surface area contributed by atoms with Crippen LogP contribution in [0.4, 0.5) is 0 Å². The molecule has 1 aromatic heterocycles. The van der Waals surface area contributed by atoms with E-state index in [2.05, 4.69) is 41.5 Å². The second kappa shape index (κ2) is 6.19. The number of hydrogen-bond donors (Lipinski definition) is 1. The molecule has 1 aliphatic heterocycles. The van der Waals surface area contributed by atoms with E-state index in [1.165, 1.54) is 50.8 Å². The number of thiophene rings is 1. The van der Waals surface area contributed by atoms with Gasteiger partial charge in [-0.05, 0) is 55.7 Å². The second-order valence-electron chi connectivity index (χ2n) is 6.32. The van der Waals surface area contributed by atoms with E-state index in [4.69, 9.17) is 0 Å². The molecule has 0 aromatic carbocycles. The van der Waals surface area contributed by atoms with Crippen molar-refractivity contribution in [2.45, 2.75) is 56.2 Å². The number of nitrogens with one attached hydrogen (secondary N) is 1. The van der Waals surface area contributed by atoms with Gasteiger partial charge in [-0.1, -0.05) is 18.9 Å². The quantitative estimate of drug-likeness (QED) is 0.833. The lowest BCUT2D eigenvalue weighted by molar-refractivity contribution is 0.356. The zero-order valence-corrected chi connectivity index (χ0v) is 13.5. The smallest absolute Gasteiger partial charge is 0.0443 e. The molecular weight excluding hydrogens is 270 g/mol. The van der Waals surface area contributed by atoms with E-state index in [-0.39, 0.29) is 0 Å². The van der Waals surface area contributed by atoms with Crippen LogP contribution in [0.2, 0.25) is 0 Å². The molecule has 0 radical (unpaired) electrons. The molecule has 0 spiro atoms. The highest BCUT2D eigenvalue weighted by Crippen LogP contribution is 2.40. The van der Waals surface area contributed by atoms with Crippen molar-refractivity contribution in [1.29, 1.82) is 0 Å². The van der Waals surface area contributed by atoms with Crippen LogP contribution in [0.3, 0.4) is 0 Å². The van der Waals surface area contributed by atoms with E-state index in [0.29, 0.717) is 10.8 Å². The molecule has 2 unspecified atom stereocenters. The third-order valence-electron chi connectivity index (χ3n) is 4.72. The van der Waals surface area contributed by atoms with Crippen LogP contribution < -0.4 is 5.32 Å². The van der Waals surface area contributed by atoms with Gasteiger partial charge in [0.15, 0.2) is 0 Å². The van der Waals surface area contributed by atoms with Crippen molar-refractivity contribution in [2.24, 2.45) is 5.92 Å². The van der Waals surface area contributed by atoms with Crippen molar-refractivity contribution in [2.75, 3.05) is 12.3 Å². The normalized spacial score (nSPS) is 29.9. The summed E-state index contributed by atoms with van der Waals surface area (Å²) >= 11 is 4.10. The summed E-state index contributed by atoms with van der Waals surface area (Å²) in [6.07, 6.45) is 8.47. The van der Waals surface area contributed by atoms with Crippen molar-refractivity contribution >= 4 is 23.1 Å². The third kappa shape index (κ3) is 3.37. The van der Waals surface area contributed by atoms with Crippen LogP contribution in [-0.2, 0) is 0 Å². The summed E-state index contributed by atoms with van der Waals surface area (Å²) in [6, 6.07) is 5.14. The summed E-state index contributed by atoms with van der Waals surface area (Å²) in [4.78, 5) is 1.55. The molecule has 3 heteroatoms. The van der Waals surface area contributed by atoms with Gasteiger partial charge in [0.25, 0.3) is 0 Å². The molecule has 106 valence electrons. The highest BCUT2D eigenvalue weighted by molar-refractivity contribution is 8.00. The SMILES string of the molecule is CC1(CNC(c2cccs2)C2CCCC2)CCCS1. The van der Waals surface area contributed by atoms with Gasteiger partial charge in [0.2, 0.25) is 0 Å². The Morgan fingerprint density at radius 2 is 2.21 bits per heavy atom. The van der Waals surface area contributed by atoms with Crippen LogP contribution in [0.5, 0.6) is 0 Å². The highest BCUT2D eigenvalue weighted by atomic mass is 32.2. The maximum atomic E-state index is 3.94. The van der Waals surface area contributed by atoms with Crippen molar-refractivity contribution in [1.82, 2.24) is 5.32 Å². The summed E-state index contributed by atoms with van der Waals surface area (Å²) in [5.41, 5.74) is 0. The van der Waals surface area contributed by atoms with Crippen LogP contribution in [-0.4, -0.2) is 17.0 Å². The Labute approximate surface area is 125 Å². The fraction of sp³-hybridized carbons (Fsp3) is 0.750. The predicted molar refractivity (Wildman–Crippen MR) is 87.1 cm³/mol. The maximum absolute atomic E-state index is 3.94. The minimum absolute atomic E-state index is 0.480. The zero-order valence-electron chi connectivity index (χ0n) is 11.9. The molecule has 1 saturated heterocycles. The van der Waals surface area contributed by atoms with Crippen LogP contribution in [0.25, 0.3) is 0 Å². The van der Waals surface area contributed by atoms with Crippen LogP contribution in [0, 0.1) is 5.92 Å². The molecule has 2 fully saturated rings. The average molecular weight is 296 g/mol. The van der Waals surface area contributed by atoms with E-state index in [9.17, 15) is 0 Å². The summed E-state index contributed by atoms with van der Waals surface area (Å²) in [7, 11) is 0. The molecule has 1 aromatic rings. The average Bonchev–Trinajstić information content (AvgIpc) is 3.11. The minimum atomic E-state index is 0.480. The van der Waals surface area contributed by atoms with Crippen molar-refractivity contribution in [3.63, 3.8) is 0 Å². The van der Waals surface area contributed by atoms with Gasteiger partial charge in [0.05, 0.1) is 0 Å². The van der Waals surface area contributed by atoms with Gasteiger partial charge in [-0.25, -0.2) is 0 Å². The molecule has 0 bridgehead atoms. The molecule has 2 atom stereocenters. The lowest BCUT2D eigenvalue weighted by atomic mass is 9.95. The molecule has 2 heterocycles. The van der Waals surface area contributed by atoms with Crippen molar-refractivity contribution in [3.8, 4) is 0 Å². The Morgan fingerprint density at radius 1 is 1.37 bits per heavy atom. The standard InChI is InChI=1S/C16H25NS2/c1-16(9-5-11-19-16)12-17-15(13-6-2-3-7-13)14-8-4-10-18-14/h4,8,10,13,15,17H,2-3,5-7,9,11-12H2,1H3. The zero-order chi connectivity index (χ0) is 13.1. The lowest BCUT2D eigenvalue weighted by Gasteiger charge is -2.30. The predicted octanol–water partition coefficient (Wildman–Crippen LogP) is 4.85. The molecule has 1 saturated carbocycles. The number of hydrogen-bond acceptors (Lipinski definition) is 3. The number of rotatable bonds is 5. The van der Waals surface area contributed by atoms with Crippen molar-refractivity contribution in [3.05, 3.63) is 22.4 Å². The Bertz CT molecular complexity index is 375. The summed E-state index contributed by atoms with van der Waals surface area (Å²) in [5, 5.41) is 6.16. The Kier molecular flexibility index (Phi) is 4.55. The van der Waals surface area contributed by atoms with Gasteiger partial charge in [-0.15, -0.1) is 11.3 Å². The first-order valence-electron chi connectivity index (χ1n) is 7.68. The van der Waals surface area contributed by atoms with Crippen molar-refractivity contribution < 1.29 is 0 Å². The largest absolute Gasteiger partial charge is 0.308 e. The Hall–Kier alpha value is 0.01000. The minimum Gasteiger partial charge on any atom is -0.308 e. The summed E-state index contributed by atoms with van der Waals surface area (Å²) in [5.74, 6) is 2.22. The Morgan fingerprint density at radius 3 is 2.84 bits per heavy atom. The monoisotopic (exact) mass is 295 g/mol. The Balaban J connectivity index is 1.65. The molecular formula is C16H25NS2. The van der Waals surface area contributed by atoms with Crippen LogP contribution in [0.15, 0.2) is 17.5 Å². The summed E-state index contributed by atoms with van der Waals surface area (Å²) < 4.78 is 0.480. The molecule has 1 N–H and O–H groups in total. The fourth-order valence-corrected chi connectivity index (χ4v) is 5.71. The second-order valence-corrected chi connectivity index (χ2v) is 8.98. The highest BCUT2D eigenvalue weighted by Gasteiger charge is 2.32. The van der Waals surface area contributed by atoms with E-state index < -0.39 is 0 Å². The maximum Gasteiger partial charge on any atom is 0.0443 e. The molecule has 0 amide bonds. The summed E-state index contributed by atoms with van der Waals surface area (Å²) in [6.45, 7) is 3.62. The van der Waals surface area contributed by atoms with E-state index in [1.54, 1.807) is 4.88 Å². The molecule has 2 aliphatic rings. The molecule has 3 rings (SSSR count). The molecule has 1 aliphatic carbocycles. The van der Waals surface area contributed by atoms with Gasteiger partial charge in [0, 0.05) is 22.2 Å².